The third-order valence-corrected chi connectivity index (χ3v) is 4.87. The monoisotopic (exact) mass is 291 g/mol. The van der Waals surface area contributed by atoms with Crippen LogP contribution in [0.1, 0.15) is 41.0 Å². The molecule has 0 radical (unpaired) electrons. The minimum atomic E-state index is -0.292. The summed E-state index contributed by atoms with van der Waals surface area (Å²) in [5.74, 6) is 0.162. The van der Waals surface area contributed by atoms with Crippen LogP contribution in [0.2, 0.25) is 0 Å². The number of aromatic nitrogens is 1. The third kappa shape index (κ3) is 1.38. The lowest BCUT2D eigenvalue weighted by Crippen LogP contribution is -2.31. The van der Waals surface area contributed by atoms with E-state index in [1.54, 1.807) is 6.07 Å². The van der Waals surface area contributed by atoms with Crippen LogP contribution < -0.4 is 0 Å². The van der Waals surface area contributed by atoms with Crippen molar-refractivity contribution in [2.75, 3.05) is 0 Å². The average molecular weight is 291 g/mol. The maximum atomic E-state index is 13.1. The van der Waals surface area contributed by atoms with Gasteiger partial charge in [-0.15, -0.1) is 0 Å². The average Bonchev–Trinajstić information content (AvgIpc) is 2.81. The number of ketones is 1. The summed E-state index contributed by atoms with van der Waals surface area (Å²) in [5, 5.41) is 11.0. The maximum Gasteiger partial charge on any atom is 0.195 e. The summed E-state index contributed by atoms with van der Waals surface area (Å²) in [4.78, 5) is 13.1. The Hall–Kier alpha value is -2.55. The number of hydrogen-bond acceptors (Lipinski definition) is 2. The summed E-state index contributed by atoms with van der Waals surface area (Å²) in [5.41, 5.74) is 3.97. The molecule has 0 aliphatic heterocycles. The number of hydrogen-bond donors (Lipinski definition) is 1. The zero-order chi connectivity index (χ0) is 15.6. The largest absolute Gasteiger partial charge is 0.507 e. The van der Waals surface area contributed by atoms with E-state index in [-0.39, 0.29) is 16.9 Å². The van der Waals surface area contributed by atoms with Gasteiger partial charge in [0, 0.05) is 23.7 Å². The molecule has 0 unspecified atom stereocenters. The quantitative estimate of drug-likeness (QED) is 0.685. The molecule has 0 atom stereocenters. The van der Waals surface area contributed by atoms with Gasteiger partial charge in [-0.1, -0.05) is 44.2 Å². The Morgan fingerprint density at radius 3 is 2.55 bits per heavy atom. The van der Waals surface area contributed by atoms with E-state index < -0.39 is 0 Å². The molecule has 3 aromatic rings. The highest BCUT2D eigenvalue weighted by molar-refractivity contribution is 6.21. The first-order valence-electron chi connectivity index (χ1n) is 7.39. The Morgan fingerprint density at radius 2 is 1.77 bits per heavy atom. The van der Waals surface area contributed by atoms with Crippen molar-refractivity contribution in [1.82, 2.24) is 4.57 Å². The van der Waals surface area contributed by atoms with Gasteiger partial charge < -0.3 is 9.67 Å². The molecule has 0 bridgehead atoms. The normalized spacial score (nSPS) is 15.7. The SMILES string of the molecule is Cn1c2c(c3c(O)cccc31)C(=O)c1ccccc1C2(C)C. The molecule has 1 N–H and O–H groups in total. The molecule has 0 spiro atoms. The lowest BCUT2D eigenvalue weighted by Gasteiger charge is -2.33. The second kappa shape index (κ2) is 4.01. The molecule has 1 aromatic heterocycles. The molecule has 1 aliphatic rings. The summed E-state index contributed by atoms with van der Waals surface area (Å²) in [7, 11) is 1.96. The summed E-state index contributed by atoms with van der Waals surface area (Å²) in [6, 6.07) is 13.2. The van der Waals surface area contributed by atoms with Crippen LogP contribution in [0.4, 0.5) is 0 Å². The van der Waals surface area contributed by atoms with Gasteiger partial charge >= 0.3 is 0 Å². The predicted octanol–water partition coefficient (Wildman–Crippen LogP) is 3.75. The number of rotatable bonds is 0. The van der Waals surface area contributed by atoms with Crippen molar-refractivity contribution in [1.29, 1.82) is 0 Å². The van der Waals surface area contributed by atoms with Crippen LogP contribution in [0.3, 0.4) is 0 Å². The molecule has 1 heterocycles. The van der Waals surface area contributed by atoms with Crippen LogP contribution >= 0.6 is 0 Å². The molecule has 0 saturated carbocycles. The first-order valence-corrected chi connectivity index (χ1v) is 7.39. The minimum absolute atomic E-state index is 0.00275. The number of aromatic hydroxyl groups is 1. The Balaban J connectivity index is 2.23. The van der Waals surface area contributed by atoms with E-state index in [4.69, 9.17) is 0 Å². The topological polar surface area (TPSA) is 42.2 Å². The highest BCUT2D eigenvalue weighted by atomic mass is 16.3. The molecule has 22 heavy (non-hydrogen) atoms. The summed E-state index contributed by atoms with van der Waals surface area (Å²) < 4.78 is 2.04. The van der Waals surface area contributed by atoms with Crippen molar-refractivity contribution in [2.45, 2.75) is 19.3 Å². The highest BCUT2D eigenvalue weighted by Gasteiger charge is 2.41. The van der Waals surface area contributed by atoms with E-state index in [1.165, 1.54) is 0 Å². The predicted molar refractivity (Wildman–Crippen MR) is 86.6 cm³/mol. The van der Waals surface area contributed by atoms with Gasteiger partial charge in [0.2, 0.25) is 0 Å². The van der Waals surface area contributed by atoms with E-state index in [0.717, 1.165) is 22.3 Å². The number of carbonyl (C=O) groups excluding carboxylic acids is 1. The van der Waals surface area contributed by atoms with Crippen LogP contribution in [0, 0.1) is 0 Å². The Labute approximate surface area is 128 Å². The van der Waals surface area contributed by atoms with Gasteiger partial charge in [-0.05, 0) is 17.7 Å². The lowest BCUT2D eigenvalue weighted by molar-refractivity contribution is 0.103. The van der Waals surface area contributed by atoms with Crippen molar-refractivity contribution < 1.29 is 9.90 Å². The minimum Gasteiger partial charge on any atom is -0.507 e. The van der Waals surface area contributed by atoms with E-state index in [0.29, 0.717) is 10.9 Å². The smallest absolute Gasteiger partial charge is 0.195 e. The fraction of sp³-hybridized carbons (Fsp3) is 0.211. The lowest BCUT2D eigenvalue weighted by atomic mass is 9.71. The second-order valence-electron chi connectivity index (χ2n) is 6.45. The molecular formula is C19H17NO2. The molecule has 110 valence electrons. The van der Waals surface area contributed by atoms with E-state index in [9.17, 15) is 9.90 Å². The number of phenolic OH excluding ortho intramolecular Hbond substituents is 1. The molecular weight excluding hydrogens is 274 g/mol. The number of aryl methyl sites for hydroxylation is 1. The standard InChI is InChI=1S/C19H17NO2/c1-19(2)12-8-5-4-7-11(12)17(22)16-15-13(20(3)18(16)19)9-6-10-14(15)21/h4-10,21H,1-3H3. The molecule has 3 heteroatoms. The van der Waals surface area contributed by atoms with Gasteiger partial charge in [0.25, 0.3) is 0 Å². The highest BCUT2D eigenvalue weighted by Crippen LogP contribution is 2.46. The van der Waals surface area contributed by atoms with Crippen molar-refractivity contribution >= 4 is 16.7 Å². The molecule has 3 nitrogen and oxygen atoms in total. The molecule has 1 aliphatic carbocycles. The van der Waals surface area contributed by atoms with Crippen LogP contribution in [0.25, 0.3) is 10.9 Å². The molecule has 0 saturated heterocycles. The van der Waals surface area contributed by atoms with Crippen LogP contribution in [-0.4, -0.2) is 15.5 Å². The van der Waals surface area contributed by atoms with Crippen LogP contribution in [0.5, 0.6) is 5.75 Å². The Morgan fingerprint density at radius 1 is 1.05 bits per heavy atom. The van der Waals surface area contributed by atoms with Gasteiger partial charge in [0.1, 0.15) is 5.75 Å². The molecule has 2 aromatic carbocycles. The molecule has 0 fully saturated rings. The maximum absolute atomic E-state index is 13.1. The van der Waals surface area contributed by atoms with Gasteiger partial charge in [-0.25, -0.2) is 0 Å². The van der Waals surface area contributed by atoms with Gasteiger partial charge in [0.15, 0.2) is 5.78 Å². The zero-order valence-corrected chi connectivity index (χ0v) is 12.8. The summed E-state index contributed by atoms with van der Waals surface area (Å²) >= 11 is 0. The number of phenols is 1. The second-order valence-corrected chi connectivity index (χ2v) is 6.45. The fourth-order valence-electron chi connectivity index (χ4n) is 3.91. The summed E-state index contributed by atoms with van der Waals surface area (Å²) in [6.45, 7) is 4.26. The fourth-order valence-corrected chi connectivity index (χ4v) is 3.91. The first kappa shape index (κ1) is 13.1. The van der Waals surface area contributed by atoms with Gasteiger partial charge in [-0.3, -0.25) is 4.79 Å². The van der Waals surface area contributed by atoms with E-state index in [1.807, 2.05) is 48.0 Å². The van der Waals surface area contributed by atoms with Crippen molar-refractivity contribution in [3.05, 3.63) is 64.8 Å². The summed E-state index contributed by atoms with van der Waals surface area (Å²) in [6.07, 6.45) is 0. The van der Waals surface area contributed by atoms with Crippen molar-refractivity contribution in [3.8, 4) is 5.75 Å². The Bertz CT molecular complexity index is 947. The van der Waals surface area contributed by atoms with E-state index in [2.05, 4.69) is 13.8 Å². The van der Waals surface area contributed by atoms with Gasteiger partial charge in [0.05, 0.1) is 16.5 Å². The van der Waals surface area contributed by atoms with Crippen LogP contribution in [0.15, 0.2) is 42.5 Å². The first-order chi connectivity index (χ1) is 10.4. The molecule has 4 rings (SSSR count). The third-order valence-electron chi connectivity index (χ3n) is 4.87. The number of benzene rings is 2. The number of fused-ring (bicyclic) bond motifs is 4. The van der Waals surface area contributed by atoms with Gasteiger partial charge in [-0.2, -0.15) is 0 Å². The van der Waals surface area contributed by atoms with E-state index >= 15 is 0 Å². The number of carbonyl (C=O) groups is 1. The van der Waals surface area contributed by atoms with Crippen molar-refractivity contribution in [3.63, 3.8) is 0 Å². The zero-order valence-electron chi connectivity index (χ0n) is 12.8. The van der Waals surface area contributed by atoms with Crippen molar-refractivity contribution in [2.24, 2.45) is 7.05 Å². The molecule has 0 amide bonds. The Kier molecular flexibility index (Phi) is 2.39. The number of nitrogens with zero attached hydrogens (tertiary/aromatic N) is 1. The van der Waals surface area contributed by atoms with Crippen LogP contribution in [-0.2, 0) is 12.5 Å².